The summed E-state index contributed by atoms with van der Waals surface area (Å²) >= 11 is 1.44. The number of aryl methyl sites for hydroxylation is 1. The number of thioether (sulfide) groups is 1. The molecule has 2 bridgehead atoms. The lowest BCUT2D eigenvalue weighted by Crippen LogP contribution is -2.35. The van der Waals surface area contributed by atoms with Gasteiger partial charge in [0.05, 0.1) is 5.69 Å². The standard InChI is InChI=1S/C14H16N2O2S/c1-7-5-10(16-14(15-7)19-2)11-12(17)8-3-4-9(6-8)13(11)18/h5,8-9,11H,3-4,6H2,1-2H3/t8-,9+,11?. The molecule has 0 aliphatic heterocycles. The summed E-state index contributed by atoms with van der Waals surface area (Å²) in [7, 11) is 0. The number of fused-ring (bicyclic) bond motifs is 2. The molecule has 19 heavy (non-hydrogen) atoms. The van der Waals surface area contributed by atoms with Crippen LogP contribution in [0.25, 0.3) is 0 Å². The number of ketones is 2. The Balaban J connectivity index is 2.03. The summed E-state index contributed by atoms with van der Waals surface area (Å²) in [4.78, 5) is 33.5. The van der Waals surface area contributed by atoms with Crippen molar-refractivity contribution in [3.05, 3.63) is 17.5 Å². The average Bonchev–Trinajstić information content (AvgIpc) is 2.83. The van der Waals surface area contributed by atoms with Gasteiger partial charge in [0, 0.05) is 17.5 Å². The van der Waals surface area contributed by atoms with Gasteiger partial charge >= 0.3 is 0 Å². The fourth-order valence-electron chi connectivity index (χ4n) is 3.21. The molecule has 1 heterocycles. The molecular weight excluding hydrogens is 260 g/mol. The monoisotopic (exact) mass is 276 g/mol. The number of hydrogen-bond acceptors (Lipinski definition) is 5. The van der Waals surface area contributed by atoms with Gasteiger partial charge < -0.3 is 0 Å². The van der Waals surface area contributed by atoms with Crippen molar-refractivity contribution in [2.24, 2.45) is 11.8 Å². The molecule has 4 nitrogen and oxygen atoms in total. The summed E-state index contributed by atoms with van der Waals surface area (Å²) in [5.74, 6) is -0.354. The number of hydrogen-bond donors (Lipinski definition) is 0. The fourth-order valence-corrected chi connectivity index (χ4v) is 3.64. The lowest BCUT2D eigenvalue weighted by atomic mass is 9.77. The Morgan fingerprint density at radius 2 is 1.79 bits per heavy atom. The molecule has 3 atom stereocenters. The molecule has 100 valence electrons. The maximum Gasteiger partial charge on any atom is 0.187 e. The van der Waals surface area contributed by atoms with Crippen LogP contribution in [0.3, 0.4) is 0 Å². The van der Waals surface area contributed by atoms with E-state index in [0.717, 1.165) is 25.0 Å². The zero-order chi connectivity index (χ0) is 13.6. The number of carbonyl (C=O) groups excluding carboxylic acids is 2. The van der Waals surface area contributed by atoms with Gasteiger partial charge in [0.25, 0.3) is 0 Å². The van der Waals surface area contributed by atoms with E-state index in [1.165, 1.54) is 11.8 Å². The van der Waals surface area contributed by atoms with E-state index in [1.807, 2.05) is 13.2 Å². The Morgan fingerprint density at radius 3 is 2.37 bits per heavy atom. The Labute approximate surface area is 116 Å². The zero-order valence-corrected chi connectivity index (χ0v) is 11.9. The van der Waals surface area contributed by atoms with E-state index in [1.54, 1.807) is 6.07 Å². The molecule has 3 rings (SSSR count). The van der Waals surface area contributed by atoms with E-state index in [-0.39, 0.29) is 23.4 Å². The molecule has 0 radical (unpaired) electrons. The van der Waals surface area contributed by atoms with Gasteiger partial charge in [-0.2, -0.15) is 0 Å². The normalized spacial score (nSPS) is 29.9. The number of aromatic nitrogens is 2. The largest absolute Gasteiger partial charge is 0.298 e. The van der Waals surface area contributed by atoms with Gasteiger partial charge in [-0.3, -0.25) is 9.59 Å². The van der Waals surface area contributed by atoms with Gasteiger partial charge in [0.2, 0.25) is 0 Å². The first-order valence-electron chi connectivity index (χ1n) is 6.57. The fraction of sp³-hybridized carbons (Fsp3) is 0.571. The van der Waals surface area contributed by atoms with Crippen LogP contribution in [0.2, 0.25) is 0 Å². The number of rotatable bonds is 2. The molecule has 0 aromatic carbocycles. The molecule has 1 aromatic rings. The predicted molar refractivity (Wildman–Crippen MR) is 72.1 cm³/mol. The minimum Gasteiger partial charge on any atom is -0.298 e. The van der Waals surface area contributed by atoms with Gasteiger partial charge in [-0.1, -0.05) is 11.8 Å². The van der Waals surface area contributed by atoms with Gasteiger partial charge in [-0.15, -0.1) is 0 Å². The lowest BCUT2D eigenvalue weighted by molar-refractivity contribution is -0.136. The molecule has 1 aromatic heterocycles. The lowest BCUT2D eigenvalue weighted by Gasteiger charge is -2.25. The van der Waals surface area contributed by atoms with Crippen molar-refractivity contribution in [3.8, 4) is 0 Å². The Kier molecular flexibility index (Phi) is 3.17. The molecule has 2 fully saturated rings. The molecule has 0 N–H and O–H groups in total. The van der Waals surface area contributed by atoms with E-state index in [2.05, 4.69) is 9.97 Å². The predicted octanol–water partition coefficient (Wildman–Crippen LogP) is 2.16. The van der Waals surface area contributed by atoms with Crippen molar-refractivity contribution < 1.29 is 9.59 Å². The van der Waals surface area contributed by atoms with E-state index in [0.29, 0.717) is 10.9 Å². The first-order valence-corrected chi connectivity index (χ1v) is 7.79. The summed E-state index contributed by atoms with van der Waals surface area (Å²) in [6, 6.07) is 1.78. The molecule has 2 aliphatic rings. The van der Waals surface area contributed by atoms with Crippen LogP contribution >= 0.6 is 11.8 Å². The van der Waals surface area contributed by atoms with Crippen LogP contribution in [0, 0.1) is 18.8 Å². The topological polar surface area (TPSA) is 59.9 Å². The second-order valence-corrected chi connectivity index (χ2v) is 6.14. The Hall–Kier alpha value is -1.23. The molecule has 5 heteroatoms. The van der Waals surface area contributed by atoms with Crippen LogP contribution in [0.1, 0.15) is 36.6 Å². The van der Waals surface area contributed by atoms with Gasteiger partial charge in [0.15, 0.2) is 16.7 Å². The summed E-state index contributed by atoms with van der Waals surface area (Å²) < 4.78 is 0. The van der Waals surface area contributed by atoms with Crippen LogP contribution in [-0.4, -0.2) is 27.8 Å². The number of carbonyl (C=O) groups is 2. The van der Waals surface area contributed by atoms with Crippen LogP contribution in [0.5, 0.6) is 0 Å². The molecule has 0 amide bonds. The van der Waals surface area contributed by atoms with Crippen molar-refractivity contribution in [1.29, 1.82) is 0 Å². The van der Waals surface area contributed by atoms with Crippen LogP contribution in [0.4, 0.5) is 0 Å². The maximum atomic E-state index is 12.4. The zero-order valence-electron chi connectivity index (χ0n) is 11.0. The molecule has 0 saturated heterocycles. The van der Waals surface area contributed by atoms with Crippen molar-refractivity contribution in [1.82, 2.24) is 9.97 Å². The Bertz CT molecular complexity index is 536. The van der Waals surface area contributed by atoms with Crippen LogP contribution in [0.15, 0.2) is 11.2 Å². The molecule has 1 unspecified atom stereocenters. The van der Waals surface area contributed by atoms with Crippen molar-refractivity contribution >= 4 is 23.3 Å². The molecular formula is C14H16N2O2S. The van der Waals surface area contributed by atoms with Gasteiger partial charge in [-0.25, -0.2) is 9.97 Å². The first kappa shape index (κ1) is 12.8. The SMILES string of the molecule is CSc1nc(C)cc(C2C(=O)[C@@H]3CC[C@@H](C3)C2=O)n1. The highest BCUT2D eigenvalue weighted by molar-refractivity contribution is 7.98. The average molecular weight is 276 g/mol. The third-order valence-electron chi connectivity index (χ3n) is 4.14. The number of Topliss-reactive ketones (excluding diaryl/α,β-unsaturated/α-hetero) is 2. The van der Waals surface area contributed by atoms with E-state index < -0.39 is 5.92 Å². The first-order chi connectivity index (χ1) is 9.10. The second kappa shape index (κ2) is 4.71. The Morgan fingerprint density at radius 1 is 1.16 bits per heavy atom. The van der Waals surface area contributed by atoms with E-state index in [4.69, 9.17) is 0 Å². The third kappa shape index (κ3) is 2.10. The minimum atomic E-state index is -0.640. The highest BCUT2D eigenvalue weighted by atomic mass is 32.2. The molecule has 0 spiro atoms. The molecule has 2 saturated carbocycles. The quantitative estimate of drug-likeness (QED) is 0.470. The second-order valence-electron chi connectivity index (χ2n) is 5.37. The third-order valence-corrected chi connectivity index (χ3v) is 4.69. The number of nitrogens with zero attached hydrogens (tertiary/aromatic N) is 2. The summed E-state index contributed by atoms with van der Waals surface area (Å²) in [6.45, 7) is 1.87. The maximum absolute atomic E-state index is 12.4. The highest BCUT2D eigenvalue weighted by Crippen LogP contribution is 2.43. The summed E-state index contributed by atoms with van der Waals surface area (Å²) in [5, 5.41) is 0.633. The summed E-state index contributed by atoms with van der Waals surface area (Å²) in [5.41, 5.74) is 1.41. The highest BCUT2D eigenvalue weighted by Gasteiger charge is 2.48. The van der Waals surface area contributed by atoms with Crippen molar-refractivity contribution in [2.75, 3.05) is 6.26 Å². The molecule has 2 aliphatic carbocycles. The van der Waals surface area contributed by atoms with Crippen LogP contribution < -0.4 is 0 Å². The van der Waals surface area contributed by atoms with E-state index >= 15 is 0 Å². The van der Waals surface area contributed by atoms with Gasteiger partial charge in [0.1, 0.15) is 5.92 Å². The van der Waals surface area contributed by atoms with E-state index in [9.17, 15) is 9.59 Å². The van der Waals surface area contributed by atoms with Crippen molar-refractivity contribution in [2.45, 2.75) is 37.3 Å². The van der Waals surface area contributed by atoms with Gasteiger partial charge in [-0.05, 0) is 38.5 Å². The smallest absolute Gasteiger partial charge is 0.187 e. The minimum absolute atomic E-state index is 0.0701. The van der Waals surface area contributed by atoms with Crippen LogP contribution in [-0.2, 0) is 9.59 Å². The van der Waals surface area contributed by atoms with Crippen molar-refractivity contribution in [3.63, 3.8) is 0 Å². The summed E-state index contributed by atoms with van der Waals surface area (Å²) in [6.07, 6.45) is 4.39.